The van der Waals surface area contributed by atoms with Gasteiger partial charge in [-0.05, 0) is 43.7 Å². The number of aliphatic carboxylic acids is 1. The zero-order chi connectivity index (χ0) is 24.7. The molecular weight excluding hydrogens is 442 g/mol. The highest BCUT2D eigenvalue weighted by molar-refractivity contribution is 6.04. The second kappa shape index (κ2) is 11.4. The maximum atomic E-state index is 12.7. The Labute approximate surface area is 196 Å². The van der Waals surface area contributed by atoms with Crippen LogP contribution in [0.3, 0.4) is 0 Å². The first-order chi connectivity index (χ1) is 16.2. The summed E-state index contributed by atoms with van der Waals surface area (Å²) in [5.41, 5.74) is 1.69. The van der Waals surface area contributed by atoms with Crippen LogP contribution in [0.2, 0.25) is 0 Å². The van der Waals surface area contributed by atoms with Crippen molar-refractivity contribution in [1.82, 2.24) is 10.6 Å². The molecule has 0 aliphatic carbocycles. The molecule has 4 N–H and O–H groups in total. The zero-order valence-electron chi connectivity index (χ0n) is 18.8. The summed E-state index contributed by atoms with van der Waals surface area (Å²) >= 11 is 0. The lowest BCUT2D eigenvalue weighted by Crippen LogP contribution is -2.53. The first-order valence-electron chi connectivity index (χ1n) is 10.8. The topological polar surface area (TPSA) is 143 Å². The molecule has 3 atom stereocenters. The third-order valence-electron chi connectivity index (χ3n) is 5.02. The average molecular weight is 469 g/mol. The molecule has 2 aromatic carbocycles. The fourth-order valence-corrected chi connectivity index (χ4v) is 3.36. The van der Waals surface area contributed by atoms with Crippen molar-refractivity contribution in [2.24, 2.45) is 0 Å². The summed E-state index contributed by atoms with van der Waals surface area (Å²) in [5, 5.41) is 17.4. The van der Waals surface area contributed by atoms with Crippen LogP contribution in [0, 0.1) is 0 Å². The molecule has 3 rings (SSSR count). The first-order valence-corrected chi connectivity index (χ1v) is 10.8. The number of ether oxygens (including phenoxy) is 2. The van der Waals surface area contributed by atoms with Crippen LogP contribution >= 0.6 is 0 Å². The van der Waals surface area contributed by atoms with Gasteiger partial charge in [-0.2, -0.15) is 0 Å². The van der Waals surface area contributed by atoms with E-state index in [0.29, 0.717) is 16.8 Å². The van der Waals surface area contributed by atoms with Gasteiger partial charge in [0.2, 0.25) is 0 Å². The molecule has 1 aliphatic rings. The minimum absolute atomic E-state index is 0.00950. The van der Waals surface area contributed by atoms with Gasteiger partial charge in [-0.15, -0.1) is 0 Å². The Bertz CT molecular complexity index is 1020. The summed E-state index contributed by atoms with van der Waals surface area (Å²) in [7, 11) is 0. The Hall–Kier alpha value is -3.76. The number of nitrogens with one attached hydrogen (secondary N) is 3. The van der Waals surface area contributed by atoms with E-state index in [2.05, 4.69) is 16.0 Å². The summed E-state index contributed by atoms with van der Waals surface area (Å²) < 4.78 is 10.4. The number of carbonyl (C=O) groups is 4. The summed E-state index contributed by atoms with van der Waals surface area (Å²) in [4.78, 5) is 48.9. The van der Waals surface area contributed by atoms with Crippen LogP contribution < -0.4 is 16.0 Å². The lowest BCUT2D eigenvalue weighted by Gasteiger charge is -2.20. The average Bonchev–Trinajstić information content (AvgIpc) is 3.30. The molecule has 1 aliphatic heterocycles. The van der Waals surface area contributed by atoms with Gasteiger partial charge >= 0.3 is 5.97 Å². The van der Waals surface area contributed by atoms with Crippen molar-refractivity contribution in [2.75, 3.05) is 12.1 Å². The Kier molecular flexibility index (Phi) is 8.34. The van der Waals surface area contributed by atoms with Gasteiger partial charge in [0.25, 0.3) is 17.7 Å². The Morgan fingerprint density at radius 3 is 2.06 bits per heavy atom. The number of hydrogen-bond acceptors (Lipinski definition) is 6. The van der Waals surface area contributed by atoms with Crippen LogP contribution in [0.25, 0.3) is 0 Å². The molecule has 2 aromatic rings. The Morgan fingerprint density at radius 2 is 1.50 bits per heavy atom. The van der Waals surface area contributed by atoms with Crippen LogP contribution in [0.15, 0.2) is 54.6 Å². The van der Waals surface area contributed by atoms with Gasteiger partial charge in [-0.3, -0.25) is 14.4 Å². The lowest BCUT2D eigenvalue weighted by atomic mass is 10.0. The maximum absolute atomic E-state index is 12.7. The van der Waals surface area contributed by atoms with E-state index < -0.39 is 36.0 Å². The fourth-order valence-electron chi connectivity index (χ4n) is 3.36. The SMILES string of the molecule is CC(C)NC(=O)[C@@H]1OCO[C@H]1C(=O)N[C@@H](Cc1ccc(NC(=O)c2ccccc2)cc1)C(=O)O. The molecule has 10 nitrogen and oxygen atoms in total. The predicted molar refractivity (Wildman–Crippen MR) is 122 cm³/mol. The molecule has 1 heterocycles. The number of benzene rings is 2. The zero-order valence-corrected chi connectivity index (χ0v) is 18.8. The quantitative estimate of drug-likeness (QED) is 0.434. The summed E-state index contributed by atoms with van der Waals surface area (Å²) in [6.07, 6.45) is -2.43. The minimum Gasteiger partial charge on any atom is -0.480 e. The van der Waals surface area contributed by atoms with Crippen molar-refractivity contribution < 1.29 is 33.8 Å². The van der Waals surface area contributed by atoms with E-state index in [1.807, 2.05) is 6.07 Å². The number of carboxylic acids is 1. The number of anilines is 1. The van der Waals surface area contributed by atoms with E-state index >= 15 is 0 Å². The van der Waals surface area contributed by atoms with Gasteiger partial charge in [-0.25, -0.2) is 4.79 Å². The second-order valence-electron chi connectivity index (χ2n) is 8.08. The predicted octanol–water partition coefficient (Wildman–Crippen LogP) is 1.32. The largest absolute Gasteiger partial charge is 0.480 e. The smallest absolute Gasteiger partial charge is 0.326 e. The first kappa shape index (κ1) is 24.9. The van der Waals surface area contributed by atoms with Gasteiger partial charge < -0.3 is 30.5 Å². The van der Waals surface area contributed by atoms with Crippen molar-refractivity contribution >= 4 is 29.4 Å². The van der Waals surface area contributed by atoms with Gasteiger partial charge in [-0.1, -0.05) is 30.3 Å². The van der Waals surface area contributed by atoms with E-state index in [1.54, 1.807) is 62.4 Å². The van der Waals surface area contributed by atoms with Crippen LogP contribution in [-0.2, 0) is 30.3 Å². The molecule has 180 valence electrons. The second-order valence-corrected chi connectivity index (χ2v) is 8.08. The Morgan fingerprint density at radius 1 is 0.912 bits per heavy atom. The van der Waals surface area contributed by atoms with Crippen molar-refractivity contribution in [3.8, 4) is 0 Å². The number of rotatable bonds is 9. The molecule has 0 radical (unpaired) electrons. The number of carbonyl (C=O) groups excluding carboxylic acids is 3. The van der Waals surface area contributed by atoms with Crippen molar-refractivity contribution in [2.45, 2.75) is 44.6 Å². The summed E-state index contributed by atoms with van der Waals surface area (Å²) in [6, 6.07) is 13.9. The standard InChI is InChI=1S/C24H27N3O7/c1-14(2)25-22(29)19-20(34-13-33-19)23(30)27-18(24(31)32)12-15-8-10-17(11-9-15)26-21(28)16-6-4-3-5-7-16/h3-11,14,18-20H,12-13H2,1-2H3,(H,25,29)(H,26,28)(H,27,30)(H,31,32)/t18-,19+,20+/m0/s1. The van der Waals surface area contributed by atoms with E-state index in [9.17, 15) is 24.3 Å². The minimum atomic E-state index is -1.25. The van der Waals surface area contributed by atoms with Gasteiger partial charge in [0, 0.05) is 23.7 Å². The molecule has 10 heteroatoms. The maximum Gasteiger partial charge on any atom is 0.326 e. The van der Waals surface area contributed by atoms with Crippen LogP contribution in [0.4, 0.5) is 5.69 Å². The third kappa shape index (κ3) is 6.63. The monoisotopic (exact) mass is 469 g/mol. The molecule has 0 bridgehead atoms. The summed E-state index contributed by atoms with van der Waals surface area (Å²) in [5.74, 6) is -2.76. The van der Waals surface area contributed by atoms with Crippen LogP contribution in [0.5, 0.6) is 0 Å². The molecule has 0 aromatic heterocycles. The van der Waals surface area contributed by atoms with Crippen LogP contribution in [-0.4, -0.2) is 59.9 Å². The van der Waals surface area contributed by atoms with Gasteiger partial charge in [0.15, 0.2) is 12.2 Å². The van der Waals surface area contributed by atoms with E-state index in [-0.39, 0.29) is 25.2 Å². The van der Waals surface area contributed by atoms with E-state index in [0.717, 1.165) is 0 Å². The normalized spacial score (nSPS) is 18.2. The number of hydrogen-bond donors (Lipinski definition) is 4. The van der Waals surface area contributed by atoms with E-state index in [1.165, 1.54) is 0 Å². The molecule has 1 fully saturated rings. The molecular formula is C24H27N3O7. The lowest BCUT2D eigenvalue weighted by molar-refractivity contribution is -0.144. The van der Waals surface area contributed by atoms with Crippen LogP contribution in [0.1, 0.15) is 29.8 Å². The van der Waals surface area contributed by atoms with Crippen molar-refractivity contribution in [3.05, 3.63) is 65.7 Å². The van der Waals surface area contributed by atoms with Crippen molar-refractivity contribution in [3.63, 3.8) is 0 Å². The van der Waals surface area contributed by atoms with Gasteiger partial charge in [0.05, 0.1) is 0 Å². The number of carboxylic acid groups (broad SMARTS) is 1. The molecule has 34 heavy (non-hydrogen) atoms. The highest BCUT2D eigenvalue weighted by atomic mass is 16.7. The highest BCUT2D eigenvalue weighted by Crippen LogP contribution is 2.16. The molecule has 0 unspecified atom stereocenters. The molecule has 3 amide bonds. The molecule has 1 saturated heterocycles. The highest BCUT2D eigenvalue weighted by Gasteiger charge is 2.41. The third-order valence-corrected chi connectivity index (χ3v) is 5.02. The molecule has 0 saturated carbocycles. The summed E-state index contributed by atoms with van der Waals surface area (Å²) in [6.45, 7) is 3.28. The number of amides is 3. The fraction of sp³-hybridized carbons (Fsp3) is 0.333. The van der Waals surface area contributed by atoms with Crippen molar-refractivity contribution in [1.29, 1.82) is 0 Å². The Balaban J connectivity index is 1.60. The molecule has 0 spiro atoms. The van der Waals surface area contributed by atoms with E-state index in [4.69, 9.17) is 9.47 Å². The van der Waals surface area contributed by atoms with Gasteiger partial charge in [0.1, 0.15) is 12.8 Å².